The minimum Gasteiger partial charge on any atom is -0.376 e. The van der Waals surface area contributed by atoms with Gasteiger partial charge >= 0.3 is 0 Å². The summed E-state index contributed by atoms with van der Waals surface area (Å²) in [5.41, 5.74) is 1.38. The summed E-state index contributed by atoms with van der Waals surface area (Å²) in [5.74, 6) is -0.0501. The molecule has 1 aromatic heterocycles. The molecule has 3 aliphatic rings. The number of rotatable bonds is 2. The lowest BCUT2D eigenvalue weighted by molar-refractivity contribution is -0.159. The minimum atomic E-state index is -0.515. The maximum atomic E-state index is 12.5. The van der Waals surface area contributed by atoms with Crippen LogP contribution in [0.3, 0.4) is 0 Å². The van der Waals surface area contributed by atoms with E-state index in [4.69, 9.17) is 9.47 Å². The number of carbonyl (C=O) groups excluding carboxylic acids is 2. The Morgan fingerprint density at radius 3 is 2.67 bits per heavy atom. The van der Waals surface area contributed by atoms with E-state index < -0.39 is 6.10 Å². The van der Waals surface area contributed by atoms with Gasteiger partial charge in [0.25, 0.3) is 11.8 Å². The fraction of sp³-hybridized carbons (Fsp3) is 0.688. The molecule has 0 aromatic carbocycles. The molecule has 3 aliphatic heterocycles. The van der Waals surface area contributed by atoms with Crippen molar-refractivity contribution in [3.8, 4) is 0 Å². The zero-order valence-electron chi connectivity index (χ0n) is 13.6. The molecule has 24 heavy (non-hydrogen) atoms. The maximum absolute atomic E-state index is 12.5. The summed E-state index contributed by atoms with van der Waals surface area (Å²) >= 11 is 0. The molecule has 2 fully saturated rings. The van der Waals surface area contributed by atoms with Crippen molar-refractivity contribution < 1.29 is 19.1 Å². The van der Waals surface area contributed by atoms with E-state index in [1.165, 1.54) is 0 Å². The van der Waals surface area contributed by atoms with E-state index in [-0.39, 0.29) is 11.8 Å². The molecule has 0 bridgehead atoms. The fourth-order valence-corrected chi connectivity index (χ4v) is 3.48. The van der Waals surface area contributed by atoms with E-state index in [0.29, 0.717) is 45.1 Å². The predicted molar refractivity (Wildman–Crippen MR) is 83.3 cm³/mol. The summed E-state index contributed by atoms with van der Waals surface area (Å²) < 4.78 is 12.6. The quantitative estimate of drug-likeness (QED) is 0.753. The predicted octanol–water partition coefficient (Wildman–Crippen LogP) is -0.123. The average Bonchev–Trinajstić information content (AvgIpc) is 3.30. The molecule has 2 amide bonds. The molecular weight excluding hydrogens is 312 g/mol. The molecule has 8 nitrogen and oxygen atoms in total. The van der Waals surface area contributed by atoms with Gasteiger partial charge in [0.2, 0.25) is 0 Å². The SMILES string of the molecule is O=C(c1cc2n(n1)CCN(C(=O)C1COCCO1)C2)N1CCCC1. The molecule has 1 unspecified atom stereocenters. The van der Waals surface area contributed by atoms with Crippen LogP contribution in [0.2, 0.25) is 0 Å². The van der Waals surface area contributed by atoms with Gasteiger partial charge in [-0.25, -0.2) is 0 Å². The van der Waals surface area contributed by atoms with Crippen LogP contribution in [0.15, 0.2) is 6.07 Å². The van der Waals surface area contributed by atoms with Crippen molar-refractivity contribution in [2.45, 2.75) is 32.0 Å². The van der Waals surface area contributed by atoms with Gasteiger partial charge in [-0.2, -0.15) is 5.10 Å². The Hall–Kier alpha value is -1.93. The van der Waals surface area contributed by atoms with Gasteiger partial charge in [-0.05, 0) is 18.9 Å². The molecule has 2 saturated heterocycles. The highest BCUT2D eigenvalue weighted by molar-refractivity contribution is 5.92. The van der Waals surface area contributed by atoms with E-state index in [9.17, 15) is 9.59 Å². The van der Waals surface area contributed by atoms with Gasteiger partial charge in [0.1, 0.15) is 0 Å². The van der Waals surface area contributed by atoms with Crippen LogP contribution in [0, 0.1) is 0 Å². The fourth-order valence-electron chi connectivity index (χ4n) is 3.48. The van der Waals surface area contributed by atoms with Gasteiger partial charge in [-0.3, -0.25) is 14.3 Å². The number of nitrogens with zero attached hydrogens (tertiary/aromatic N) is 4. The van der Waals surface area contributed by atoms with Crippen LogP contribution >= 0.6 is 0 Å². The van der Waals surface area contributed by atoms with Crippen LogP contribution < -0.4 is 0 Å². The first-order valence-corrected chi connectivity index (χ1v) is 8.56. The highest BCUT2D eigenvalue weighted by Crippen LogP contribution is 2.18. The Bertz CT molecular complexity index is 632. The lowest BCUT2D eigenvalue weighted by Crippen LogP contribution is -2.47. The van der Waals surface area contributed by atoms with E-state index in [2.05, 4.69) is 5.10 Å². The number of hydrogen-bond acceptors (Lipinski definition) is 5. The molecule has 0 N–H and O–H groups in total. The van der Waals surface area contributed by atoms with Crippen LogP contribution in [0.1, 0.15) is 29.0 Å². The normalized spacial score (nSPS) is 24.1. The van der Waals surface area contributed by atoms with Crippen molar-refractivity contribution in [2.75, 3.05) is 39.5 Å². The largest absolute Gasteiger partial charge is 0.376 e. The van der Waals surface area contributed by atoms with Crippen molar-refractivity contribution in [2.24, 2.45) is 0 Å². The second-order valence-corrected chi connectivity index (χ2v) is 6.44. The molecule has 4 rings (SSSR count). The minimum absolute atomic E-state index is 0.00343. The topological polar surface area (TPSA) is 76.9 Å². The van der Waals surface area contributed by atoms with Crippen LogP contribution in [-0.2, 0) is 27.4 Å². The smallest absolute Gasteiger partial charge is 0.274 e. The van der Waals surface area contributed by atoms with E-state index in [0.717, 1.165) is 31.6 Å². The highest BCUT2D eigenvalue weighted by Gasteiger charge is 2.31. The van der Waals surface area contributed by atoms with Crippen LogP contribution in [0.5, 0.6) is 0 Å². The summed E-state index contributed by atoms with van der Waals surface area (Å²) in [5, 5.41) is 4.43. The number of ether oxygens (including phenoxy) is 2. The second-order valence-electron chi connectivity index (χ2n) is 6.44. The number of amides is 2. The Morgan fingerprint density at radius 2 is 1.92 bits per heavy atom. The molecule has 0 aliphatic carbocycles. The first-order valence-electron chi connectivity index (χ1n) is 8.56. The third kappa shape index (κ3) is 2.91. The van der Waals surface area contributed by atoms with Crippen LogP contribution in [0.25, 0.3) is 0 Å². The van der Waals surface area contributed by atoms with Crippen molar-refractivity contribution in [1.29, 1.82) is 0 Å². The molecule has 4 heterocycles. The molecule has 130 valence electrons. The third-order valence-corrected chi connectivity index (χ3v) is 4.81. The van der Waals surface area contributed by atoms with Gasteiger partial charge in [-0.15, -0.1) is 0 Å². The van der Waals surface area contributed by atoms with Crippen LogP contribution in [0.4, 0.5) is 0 Å². The number of carbonyl (C=O) groups is 2. The Balaban J connectivity index is 1.45. The van der Waals surface area contributed by atoms with Crippen molar-refractivity contribution in [3.05, 3.63) is 17.5 Å². The summed E-state index contributed by atoms with van der Waals surface area (Å²) in [6, 6.07) is 1.82. The summed E-state index contributed by atoms with van der Waals surface area (Å²) in [7, 11) is 0. The Morgan fingerprint density at radius 1 is 1.08 bits per heavy atom. The zero-order valence-corrected chi connectivity index (χ0v) is 13.6. The van der Waals surface area contributed by atoms with E-state index in [1.807, 2.05) is 15.6 Å². The molecule has 1 atom stereocenters. The van der Waals surface area contributed by atoms with Crippen LogP contribution in [-0.4, -0.2) is 77.0 Å². The van der Waals surface area contributed by atoms with E-state index in [1.54, 1.807) is 4.90 Å². The van der Waals surface area contributed by atoms with Crippen molar-refractivity contribution in [1.82, 2.24) is 19.6 Å². The second kappa shape index (κ2) is 6.52. The number of fused-ring (bicyclic) bond motifs is 1. The lowest BCUT2D eigenvalue weighted by Gasteiger charge is -2.32. The van der Waals surface area contributed by atoms with Gasteiger partial charge in [0.15, 0.2) is 11.8 Å². The summed E-state index contributed by atoms with van der Waals surface area (Å²) in [6.45, 7) is 4.56. The molecule has 8 heteroatoms. The average molecular weight is 334 g/mol. The number of hydrogen-bond donors (Lipinski definition) is 0. The first kappa shape index (κ1) is 15.6. The van der Waals surface area contributed by atoms with Gasteiger partial charge < -0.3 is 19.3 Å². The summed E-state index contributed by atoms with van der Waals surface area (Å²) in [4.78, 5) is 28.6. The molecule has 0 saturated carbocycles. The standard InChI is InChI=1S/C16H22N4O4/c21-15(18-3-1-2-4-18)13-9-12-10-19(5-6-20(12)17-13)16(22)14-11-23-7-8-24-14/h9,14H,1-8,10-11H2. The Kier molecular flexibility index (Phi) is 4.24. The van der Waals surface area contributed by atoms with Gasteiger partial charge in [0, 0.05) is 19.6 Å². The molecule has 1 aromatic rings. The lowest BCUT2D eigenvalue weighted by atomic mass is 10.2. The third-order valence-electron chi connectivity index (χ3n) is 4.81. The molecular formula is C16H22N4O4. The summed E-state index contributed by atoms with van der Waals surface area (Å²) in [6.07, 6.45) is 1.61. The highest BCUT2D eigenvalue weighted by atomic mass is 16.6. The first-order chi connectivity index (χ1) is 11.7. The monoisotopic (exact) mass is 334 g/mol. The Labute approximate surface area is 140 Å². The van der Waals surface area contributed by atoms with Crippen molar-refractivity contribution in [3.63, 3.8) is 0 Å². The van der Waals surface area contributed by atoms with Gasteiger partial charge in [-0.1, -0.05) is 0 Å². The van der Waals surface area contributed by atoms with Gasteiger partial charge in [0.05, 0.1) is 38.6 Å². The zero-order chi connectivity index (χ0) is 16.5. The molecule has 0 spiro atoms. The maximum Gasteiger partial charge on any atom is 0.274 e. The van der Waals surface area contributed by atoms with E-state index >= 15 is 0 Å². The number of aromatic nitrogens is 2. The number of likely N-dealkylation sites (tertiary alicyclic amines) is 1. The van der Waals surface area contributed by atoms with Crippen molar-refractivity contribution >= 4 is 11.8 Å². The molecule has 0 radical (unpaired) electrons.